The molecule has 0 unspecified atom stereocenters. The Morgan fingerprint density at radius 2 is 1.91 bits per heavy atom. The summed E-state index contributed by atoms with van der Waals surface area (Å²) in [5.41, 5.74) is 5.66. The number of pyridine rings is 2. The molecule has 3 aromatic rings. The number of aryl methyl sites for hydroxylation is 2. The summed E-state index contributed by atoms with van der Waals surface area (Å²) in [4.78, 5) is 44.5. The molecule has 0 spiro atoms. The van der Waals surface area contributed by atoms with Crippen LogP contribution in [-0.2, 0) is 49.0 Å². The Balaban J connectivity index is 1.39. The number of ether oxygens (including phenoxy) is 3. The lowest BCUT2D eigenvalue weighted by Gasteiger charge is -2.31. The molecule has 2 atom stereocenters. The van der Waals surface area contributed by atoms with E-state index < -0.39 is 11.6 Å². The van der Waals surface area contributed by atoms with Crippen molar-refractivity contribution in [2.75, 3.05) is 33.0 Å². The molecule has 0 fully saturated rings. The van der Waals surface area contributed by atoms with Crippen LogP contribution in [0.3, 0.4) is 0 Å². The zero-order valence-corrected chi connectivity index (χ0v) is 24.7. The van der Waals surface area contributed by atoms with Crippen LogP contribution in [0.25, 0.3) is 22.3 Å². The predicted molar refractivity (Wildman–Crippen MR) is 157 cm³/mol. The number of aliphatic hydroxyl groups is 2. The second kappa shape index (κ2) is 11.5. The number of amides is 1. The highest BCUT2D eigenvalue weighted by atomic mass is 16.6. The van der Waals surface area contributed by atoms with Crippen molar-refractivity contribution in [2.24, 2.45) is 0 Å². The van der Waals surface area contributed by atoms with Crippen molar-refractivity contribution in [3.05, 3.63) is 61.4 Å². The fourth-order valence-corrected chi connectivity index (χ4v) is 6.70. The number of benzene rings is 1. The maximum Gasteiger partial charge on any atom is 0.343 e. The minimum Gasteiger partial charge on any atom is -0.458 e. The molecule has 0 radical (unpaired) electrons. The molecule has 2 aliphatic heterocycles. The molecule has 4 heterocycles. The summed E-state index contributed by atoms with van der Waals surface area (Å²) in [6, 6.07) is 3.48. The molecule has 3 aliphatic rings. The third-order valence-corrected chi connectivity index (χ3v) is 9.12. The van der Waals surface area contributed by atoms with Gasteiger partial charge < -0.3 is 34.3 Å². The molecule has 1 amide bonds. The van der Waals surface area contributed by atoms with E-state index in [1.54, 1.807) is 17.6 Å². The van der Waals surface area contributed by atoms with Crippen molar-refractivity contribution < 1.29 is 34.0 Å². The van der Waals surface area contributed by atoms with Crippen LogP contribution in [0.2, 0.25) is 0 Å². The van der Waals surface area contributed by atoms with Crippen molar-refractivity contribution in [1.82, 2.24) is 14.9 Å². The summed E-state index contributed by atoms with van der Waals surface area (Å²) in [6.07, 6.45) is 1.73. The van der Waals surface area contributed by atoms with Gasteiger partial charge in [0.25, 0.3) is 5.56 Å². The number of nitrogens with zero attached hydrogens (tertiary/aromatic N) is 2. The van der Waals surface area contributed by atoms with Crippen molar-refractivity contribution in [3.63, 3.8) is 0 Å². The van der Waals surface area contributed by atoms with Crippen molar-refractivity contribution >= 4 is 22.8 Å². The number of carbonyl (C=O) groups excluding carboxylic acids is 2. The first-order valence-electron chi connectivity index (χ1n) is 14.9. The first-order chi connectivity index (χ1) is 20.7. The lowest BCUT2D eigenvalue weighted by Crippen LogP contribution is -2.44. The van der Waals surface area contributed by atoms with Crippen LogP contribution in [0.15, 0.2) is 16.9 Å². The molecule has 6 rings (SSSR count). The Morgan fingerprint density at radius 3 is 2.65 bits per heavy atom. The van der Waals surface area contributed by atoms with Gasteiger partial charge >= 0.3 is 5.97 Å². The quantitative estimate of drug-likeness (QED) is 0.186. The highest BCUT2D eigenvalue weighted by Gasteiger charge is 2.46. The fourth-order valence-electron chi connectivity index (χ4n) is 6.70. The van der Waals surface area contributed by atoms with E-state index in [0.29, 0.717) is 31.0 Å². The van der Waals surface area contributed by atoms with Crippen molar-refractivity contribution in [3.8, 4) is 11.4 Å². The molecule has 0 saturated heterocycles. The molecule has 11 nitrogen and oxygen atoms in total. The second-order valence-corrected chi connectivity index (χ2v) is 11.5. The van der Waals surface area contributed by atoms with Gasteiger partial charge in [-0.2, -0.15) is 0 Å². The minimum atomic E-state index is -1.90. The van der Waals surface area contributed by atoms with Crippen LogP contribution in [-0.4, -0.2) is 64.7 Å². The number of hydrogen-bond donors (Lipinski definition) is 3. The highest BCUT2D eigenvalue weighted by molar-refractivity contribution is 5.94. The summed E-state index contributed by atoms with van der Waals surface area (Å²) in [7, 11) is 0. The second-order valence-electron chi connectivity index (χ2n) is 11.5. The van der Waals surface area contributed by atoms with Gasteiger partial charge in [-0.1, -0.05) is 6.92 Å². The summed E-state index contributed by atoms with van der Waals surface area (Å²) in [5, 5.41) is 24.3. The van der Waals surface area contributed by atoms with Crippen LogP contribution in [0.1, 0.15) is 71.2 Å². The molecular formula is C32H37N3O8. The van der Waals surface area contributed by atoms with E-state index in [1.807, 2.05) is 6.07 Å². The summed E-state index contributed by atoms with van der Waals surface area (Å²) >= 11 is 0. The van der Waals surface area contributed by atoms with Gasteiger partial charge in [0.05, 0.1) is 68.1 Å². The maximum atomic E-state index is 13.8. The first-order valence-corrected chi connectivity index (χ1v) is 14.9. The third kappa shape index (κ3) is 4.84. The SMILES string of the molecule is CC[C@@]1(O)C(=O)OCc2c1cc1n(c2=O)Cc2c-1nc1cc(C)c(C)c3c1c2[C@@H](NC(=O)CCOCCOCCO)CC3. The van der Waals surface area contributed by atoms with Gasteiger partial charge in [0.15, 0.2) is 5.60 Å². The molecule has 1 aromatic carbocycles. The van der Waals surface area contributed by atoms with E-state index in [0.717, 1.165) is 34.0 Å². The van der Waals surface area contributed by atoms with E-state index >= 15 is 0 Å². The highest BCUT2D eigenvalue weighted by Crippen LogP contribution is 2.46. The van der Waals surface area contributed by atoms with E-state index in [2.05, 4.69) is 19.2 Å². The summed E-state index contributed by atoms with van der Waals surface area (Å²) in [5.74, 6) is -0.897. The average Bonchev–Trinajstić information content (AvgIpc) is 3.36. The Bertz CT molecular complexity index is 1700. The fraction of sp³-hybridized carbons (Fsp3) is 0.500. The van der Waals surface area contributed by atoms with Crippen molar-refractivity contribution in [2.45, 2.75) is 71.2 Å². The van der Waals surface area contributed by atoms with E-state index in [-0.39, 0.29) is 74.4 Å². The molecule has 2 aromatic heterocycles. The molecule has 0 saturated carbocycles. The van der Waals surface area contributed by atoms with Crippen molar-refractivity contribution in [1.29, 1.82) is 0 Å². The Labute approximate surface area is 248 Å². The Kier molecular flexibility index (Phi) is 7.84. The van der Waals surface area contributed by atoms with Crippen LogP contribution in [0, 0.1) is 13.8 Å². The van der Waals surface area contributed by atoms with Gasteiger partial charge in [0.1, 0.15) is 6.61 Å². The van der Waals surface area contributed by atoms with Crippen LogP contribution >= 0.6 is 0 Å². The number of nitrogens with one attached hydrogen (secondary N) is 1. The normalized spacial score (nSPS) is 20.0. The minimum absolute atomic E-state index is 0.0465. The number of aromatic nitrogens is 2. The van der Waals surface area contributed by atoms with E-state index in [9.17, 15) is 19.5 Å². The van der Waals surface area contributed by atoms with Crippen LogP contribution in [0.5, 0.6) is 0 Å². The zero-order chi connectivity index (χ0) is 30.5. The molecule has 11 heteroatoms. The van der Waals surface area contributed by atoms with Crippen LogP contribution < -0.4 is 10.9 Å². The lowest BCUT2D eigenvalue weighted by molar-refractivity contribution is -0.172. The van der Waals surface area contributed by atoms with Gasteiger partial charge in [-0.05, 0) is 67.5 Å². The average molecular weight is 592 g/mol. The van der Waals surface area contributed by atoms with Gasteiger partial charge in [-0.15, -0.1) is 0 Å². The van der Waals surface area contributed by atoms with Crippen LogP contribution in [0.4, 0.5) is 0 Å². The summed E-state index contributed by atoms with van der Waals surface area (Å²) < 4.78 is 17.6. The van der Waals surface area contributed by atoms with Gasteiger partial charge in [0, 0.05) is 22.9 Å². The molecule has 43 heavy (non-hydrogen) atoms. The molecule has 0 bridgehead atoms. The number of rotatable bonds is 10. The number of aliphatic hydroxyl groups excluding tert-OH is 1. The van der Waals surface area contributed by atoms with Gasteiger partial charge in [-0.3, -0.25) is 9.59 Å². The molecular weight excluding hydrogens is 554 g/mol. The Hall–Kier alpha value is -3.64. The standard InChI is InChI=1S/C32H37N3O8/c1-4-32(40)22-14-25-29-20(15-35(25)30(38)21(22)16-43-31(32)39)28-23(33-26(37)7-9-41-11-12-42-10-8-36)6-5-19-18(3)17(2)13-24(34-29)27(19)28/h13-14,23,36,40H,4-12,15-16H2,1-3H3,(H,33,37)/t23-,32-/m0/s1. The van der Waals surface area contributed by atoms with Gasteiger partial charge in [0.2, 0.25) is 5.91 Å². The third-order valence-electron chi connectivity index (χ3n) is 9.12. The number of carbonyl (C=O) groups is 2. The van der Waals surface area contributed by atoms with Gasteiger partial charge in [-0.25, -0.2) is 9.78 Å². The molecule has 1 aliphatic carbocycles. The van der Waals surface area contributed by atoms with E-state index in [1.165, 1.54) is 11.1 Å². The maximum absolute atomic E-state index is 13.8. The zero-order valence-electron chi connectivity index (χ0n) is 24.7. The monoisotopic (exact) mass is 591 g/mol. The molecule has 228 valence electrons. The Morgan fingerprint density at radius 1 is 1.14 bits per heavy atom. The first kappa shape index (κ1) is 29.4. The number of fused-ring (bicyclic) bond motifs is 5. The number of esters is 1. The smallest absolute Gasteiger partial charge is 0.343 e. The molecule has 3 N–H and O–H groups in total. The number of cyclic esters (lactones) is 1. The lowest BCUT2D eigenvalue weighted by atomic mass is 9.80. The largest absolute Gasteiger partial charge is 0.458 e. The number of hydrogen-bond acceptors (Lipinski definition) is 9. The predicted octanol–water partition coefficient (Wildman–Crippen LogP) is 2.22. The summed E-state index contributed by atoms with van der Waals surface area (Å²) in [6.45, 7) is 7.06. The van der Waals surface area contributed by atoms with E-state index in [4.69, 9.17) is 24.3 Å². The topological polar surface area (TPSA) is 149 Å².